The zero-order chi connectivity index (χ0) is 17.9. The zero-order valence-corrected chi connectivity index (χ0v) is 15.3. The summed E-state index contributed by atoms with van der Waals surface area (Å²) in [5, 5.41) is 9.57. The van der Waals surface area contributed by atoms with E-state index in [1.165, 1.54) is 7.11 Å². The third kappa shape index (κ3) is 16.8. The highest BCUT2D eigenvalue weighted by molar-refractivity contribution is 5.69. The SMILES string of the molecule is CCC[C@@H](O)C/C=C\C/C=C\C/C=C\C/C=C\CCCC(=O)OC. The van der Waals surface area contributed by atoms with Crippen LogP contribution < -0.4 is 0 Å². The number of hydrogen-bond donors (Lipinski definition) is 1. The minimum atomic E-state index is -0.188. The summed E-state index contributed by atoms with van der Waals surface area (Å²) in [6, 6.07) is 0. The number of unbranched alkanes of at least 4 members (excludes halogenated alkanes) is 1. The van der Waals surface area contributed by atoms with Crippen molar-refractivity contribution in [2.75, 3.05) is 7.11 Å². The topological polar surface area (TPSA) is 46.5 Å². The first-order valence-corrected chi connectivity index (χ1v) is 9.05. The first-order valence-electron chi connectivity index (χ1n) is 9.05. The third-order valence-electron chi connectivity index (χ3n) is 3.49. The fourth-order valence-electron chi connectivity index (χ4n) is 2.10. The Hall–Kier alpha value is -1.61. The molecule has 0 aromatic rings. The molecule has 0 bridgehead atoms. The van der Waals surface area contributed by atoms with Crippen molar-refractivity contribution < 1.29 is 14.6 Å². The molecule has 3 nitrogen and oxygen atoms in total. The molecule has 0 saturated heterocycles. The summed E-state index contributed by atoms with van der Waals surface area (Å²) in [7, 11) is 1.42. The van der Waals surface area contributed by atoms with Gasteiger partial charge in [-0.25, -0.2) is 0 Å². The Balaban J connectivity index is 3.51. The van der Waals surface area contributed by atoms with E-state index < -0.39 is 0 Å². The molecule has 0 radical (unpaired) electrons. The summed E-state index contributed by atoms with van der Waals surface area (Å²) >= 11 is 0. The van der Waals surface area contributed by atoms with Crippen molar-refractivity contribution in [2.24, 2.45) is 0 Å². The number of rotatable bonds is 14. The first-order chi connectivity index (χ1) is 11.7. The van der Waals surface area contributed by atoms with Crippen LogP contribution in [0.1, 0.15) is 64.7 Å². The number of hydrogen-bond acceptors (Lipinski definition) is 3. The molecule has 136 valence electrons. The van der Waals surface area contributed by atoms with E-state index >= 15 is 0 Å². The largest absolute Gasteiger partial charge is 0.469 e. The molecule has 1 N–H and O–H groups in total. The van der Waals surface area contributed by atoms with Gasteiger partial charge in [0.05, 0.1) is 13.2 Å². The van der Waals surface area contributed by atoms with Crippen LogP contribution in [0.15, 0.2) is 48.6 Å². The third-order valence-corrected chi connectivity index (χ3v) is 3.49. The van der Waals surface area contributed by atoms with E-state index in [1.807, 2.05) is 0 Å². The van der Waals surface area contributed by atoms with E-state index in [-0.39, 0.29) is 12.1 Å². The predicted molar refractivity (Wildman–Crippen MR) is 102 cm³/mol. The van der Waals surface area contributed by atoms with Crippen LogP contribution in [0.25, 0.3) is 0 Å². The average molecular weight is 335 g/mol. The number of carbonyl (C=O) groups excluding carboxylic acids is 1. The van der Waals surface area contributed by atoms with E-state index in [9.17, 15) is 9.90 Å². The second-order valence-electron chi connectivity index (χ2n) is 5.74. The summed E-state index contributed by atoms with van der Waals surface area (Å²) in [5.74, 6) is -0.137. The highest BCUT2D eigenvalue weighted by atomic mass is 16.5. The molecule has 0 aromatic carbocycles. The van der Waals surface area contributed by atoms with Gasteiger partial charge < -0.3 is 9.84 Å². The molecule has 24 heavy (non-hydrogen) atoms. The molecule has 0 rings (SSSR count). The molecule has 0 unspecified atom stereocenters. The van der Waals surface area contributed by atoms with E-state index in [4.69, 9.17) is 0 Å². The van der Waals surface area contributed by atoms with Gasteiger partial charge in [-0.15, -0.1) is 0 Å². The summed E-state index contributed by atoms with van der Waals surface area (Å²) in [4.78, 5) is 10.9. The van der Waals surface area contributed by atoms with Gasteiger partial charge in [-0.3, -0.25) is 4.79 Å². The molecule has 0 aliphatic rings. The van der Waals surface area contributed by atoms with Gasteiger partial charge in [0.25, 0.3) is 0 Å². The normalized spacial score (nSPS) is 13.6. The Morgan fingerprint density at radius 1 is 0.958 bits per heavy atom. The number of carbonyl (C=O) groups is 1. The van der Waals surface area contributed by atoms with Crippen molar-refractivity contribution in [3.05, 3.63) is 48.6 Å². The maximum Gasteiger partial charge on any atom is 0.305 e. The Labute approximate surface area is 147 Å². The fourth-order valence-corrected chi connectivity index (χ4v) is 2.10. The van der Waals surface area contributed by atoms with Crippen LogP contribution >= 0.6 is 0 Å². The van der Waals surface area contributed by atoms with E-state index in [0.29, 0.717) is 6.42 Å². The van der Waals surface area contributed by atoms with Gasteiger partial charge in [-0.2, -0.15) is 0 Å². The number of esters is 1. The van der Waals surface area contributed by atoms with Crippen LogP contribution in [0.3, 0.4) is 0 Å². The predicted octanol–water partition coefficient (Wildman–Crippen LogP) is 5.28. The van der Waals surface area contributed by atoms with Crippen molar-refractivity contribution in [2.45, 2.75) is 70.8 Å². The van der Waals surface area contributed by atoms with Crippen molar-refractivity contribution in [3.8, 4) is 0 Å². The second kappa shape index (κ2) is 17.7. The molecule has 0 amide bonds. The average Bonchev–Trinajstić information content (AvgIpc) is 2.58. The monoisotopic (exact) mass is 334 g/mol. The molecular weight excluding hydrogens is 300 g/mol. The smallest absolute Gasteiger partial charge is 0.305 e. The molecule has 0 fully saturated rings. The highest BCUT2D eigenvalue weighted by Gasteiger charge is 1.97. The van der Waals surface area contributed by atoms with Crippen LogP contribution in [-0.2, 0) is 9.53 Å². The Morgan fingerprint density at radius 3 is 2.04 bits per heavy atom. The summed E-state index contributed by atoms with van der Waals surface area (Å²) in [6.45, 7) is 2.09. The molecule has 0 heterocycles. The summed E-state index contributed by atoms with van der Waals surface area (Å²) < 4.78 is 4.59. The zero-order valence-electron chi connectivity index (χ0n) is 15.3. The quantitative estimate of drug-likeness (QED) is 0.267. The van der Waals surface area contributed by atoms with Crippen molar-refractivity contribution in [1.82, 2.24) is 0 Å². The van der Waals surface area contributed by atoms with E-state index in [2.05, 4.69) is 60.3 Å². The Kier molecular flexibility index (Phi) is 16.5. The fraction of sp³-hybridized carbons (Fsp3) is 0.571. The van der Waals surface area contributed by atoms with Gasteiger partial charge in [-0.1, -0.05) is 62.0 Å². The molecule has 3 heteroatoms. The van der Waals surface area contributed by atoms with Gasteiger partial charge in [0, 0.05) is 6.42 Å². The Bertz CT molecular complexity index is 405. The molecule has 0 spiro atoms. The maximum atomic E-state index is 10.9. The number of aliphatic hydroxyl groups excluding tert-OH is 1. The maximum absolute atomic E-state index is 10.9. The lowest BCUT2D eigenvalue weighted by Crippen LogP contribution is -2.02. The minimum Gasteiger partial charge on any atom is -0.469 e. The van der Waals surface area contributed by atoms with Crippen LogP contribution in [0.5, 0.6) is 0 Å². The minimum absolute atomic E-state index is 0.137. The van der Waals surface area contributed by atoms with Gasteiger partial charge in [-0.05, 0) is 44.9 Å². The molecule has 1 atom stereocenters. The van der Waals surface area contributed by atoms with Crippen LogP contribution in [-0.4, -0.2) is 24.3 Å². The summed E-state index contributed by atoms with van der Waals surface area (Å²) in [5.41, 5.74) is 0. The van der Waals surface area contributed by atoms with Gasteiger partial charge >= 0.3 is 5.97 Å². The van der Waals surface area contributed by atoms with E-state index in [1.54, 1.807) is 0 Å². The number of aliphatic hydroxyl groups is 1. The number of ether oxygens (including phenoxy) is 1. The van der Waals surface area contributed by atoms with E-state index in [0.717, 1.165) is 51.4 Å². The first kappa shape index (κ1) is 22.4. The van der Waals surface area contributed by atoms with Gasteiger partial charge in [0.2, 0.25) is 0 Å². The second-order valence-corrected chi connectivity index (χ2v) is 5.74. The molecular formula is C21H34O3. The van der Waals surface area contributed by atoms with Gasteiger partial charge in [0.15, 0.2) is 0 Å². The van der Waals surface area contributed by atoms with Crippen LogP contribution in [0.2, 0.25) is 0 Å². The Morgan fingerprint density at radius 2 is 1.50 bits per heavy atom. The van der Waals surface area contributed by atoms with Crippen molar-refractivity contribution in [1.29, 1.82) is 0 Å². The van der Waals surface area contributed by atoms with Crippen molar-refractivity contribution in [3.63, 3.8) is 0 Å². The number of methoxy groups -OCH3 is 1. The standard InChI is InChI=1S/C21H34O3/c1-3-17-20(22)18-15-13-11-9-7-5-4-6-8-10-12-14-16-19-21(23)24-2/h4,6-7,9-10,12-13,15,20,22H,3,5,8,11,14,16-19H2,1-2H3/b6-4-,9-7-,12-10-,15-13-/t20-/m1/s1. The summed E-state index contributed by atoms with van der Waals surface area (Å²) in [6.07, 6.45) is 24.6. The lowest BCUT2D eigenvalue weighted by molar-refractivity contribution is -0.140. The van der Waals surface area contributed by atoms with Crippen LogP contribution in [0.4, 0.5) is 0 Å². The van der Waals surface area contributed by atoms with Crippen molar-refractivity contribution >= 4 is 5.97 Å². The highest BCUT2D eigenvalue weighted by Crippen LogP contribution is 2.03. The lowest BCUT2D eigenvalue weighted by atomic mass is 10.1. The number of allylic oxidation sites excluding steroid dienone is 7. The lowest BCUT2D eigenvalue weighted by Gasteiger charge is -2.03. The van der Waals surface area contributed by atoms with Gasteiger partial charge in [0.1, 0.15) is 0 Å². The molecule has 0 aliphatic heterocycles. The molecule has 0 aliphatic carbocycles. The molecule has 0 saturated carbocycles. The molecule has 0 aromatic heterocycles. The van der Waals surface area contributed by atoms with Crippen LogP contribution in [0, 0.1) is 0 Å².